The Morgan fingerprint density at radius 2 is 0.864 bits per heavy atom. The third-order valence-electron chi connectivity index (χ3n) is 10.9. The zero-order chi connectivity index (χ0) is 48.4. The third-order valence-corrected chi connectivity index (χ3v) is 10.9. The molecule has 0 aliphatic carbocycles. The molecule has 0 aromatic rings. The lowest BCUT2D eigenvalue weighted by atomic mass is 10.0. The van der Waals surface area contributed by atoms with Crippen LogP contribution < -0.4 is 5.11 Å². The molecule has 0 bridgehead atoms. The summed E-state index contributed by atoms with van der Waals surface area (Å²) in [7, 11) is 5.90. The van der Waals surface area contributed by atoms with Crippen molar-refractivity contribution in [2.24, 2.45) is 0 Å². The van der Waals surface area contributed by atoms with Crippen LogP contribution in [0.3, 0.4) is 0 Å². The van der Waals surface area contributed by atoms with Crippen molar-refractivity contribution in [3.8, 4) is 0 Å². The predicted octanol–water partition coefficient (Wildman–Crippen LogP) is 13.5. The fraction of sp³-hybridized carbons (Fsp3) is 0.702. The maximum Gasteiger partial charge on any atom is 0.306 e. The van der Waals surface area contributed by atoms with Gasteiger partial charge in [-0.3, -0.25) is 9.59 Å². The molecule has 0 N–H and O–H groups in total. The Balaban J connectivity index is 4.36. The van der Waals surface area contributed by atoms with Crippen LogP contribution in [-0.2, 0) is 33.3 Å². The number of unbranched alkanes of at least 4 members (excludes halogenated alkanes) is 18. The van der Waals surface area contributed by atoms with Gasteiger partial charge in [0, 0.05) is 12.8 Å². The van der Waals surface area contributed by atoms with Gasteiger partial charge < -0.3 is 33.3 Å². The minimum absolute atomic E-state index is 0.140. The van der Waals surface area contributed by atoms with Crippen LogP contribution in [0.15, 0.2) is 85.1 Å². The summed E-state index contributed by atoms with van der Waals surface area (Å²) in [5.74, 6) is -2.31. The summed E-state index contributed by atoms with van der Waals surface area (Å²) >= 11 is 0. The number of carbonyl (C=O) groups is 3. The van der Waals surface area contributed by atoms with Gasteiger partial charge in [0.15, 0.2) is 12.4 Å². The van der Waals surface area contributed by atoms with Crippen LogP contribution in [0.1, 0.15) is 200 Å². The number of hydrogen-bond donors (Lipinski definition) is 0. The van der Waals surface area contributed by atoms with Crippen LogP contribution in [0.2, 0.25) is 0 Å². The van der Waals surface area contributed by atoms with E-state index in [1.54, 1.807) is 0 Å². The molecule has 0 rings (SSSR count). The lowest BCUT2D eigenvalue weighted by molar-refractivity contribution is -0.870. The van der Waals surface area contributed by atoms with E-state index in [0.717, 1.165) is 96.3 Å². The first-order valence-corrected chi connectivity index (χ1v) is 26.2. The Bertz CT molecular complexity index is 1350. The first kappa shape index (κ1) is 62.5. The summed E-state index contributed by atoms with van der Waals surface area (Å²) in [5, 5.41) is 11.7. The van der Waals surface area contributed by atoms with Gasteiger partial charge in [0.25, 0.3) is 0 Å². The van der Waals surface area contributed by atoms with Gasteiger partial charge in [-0.25, -0.2) is 0 Å². The normalized spacial score (nSPS) is 13.5. The average molecular weight is 924 g/mol. The molecule has 0 spiro atoms. The molecule has 2 unspecified atom stereocenters. The number of carbonyl (C=O) groups excluding carboxylic acids is 3. The molecule has 0 aromatic heterocycles. The zero-order valence-electron chi connectivity index (χ0n) is 42.8. The first-order valence-electron chi connectivity index (χ1n) is 26.2. The van der Waals surface area contributed by atoms with E-state index in [1.165, 1.54) is 70.6 Å². The van der Waals surface area contributed by atoms with Gasteiger partial charge in [-0.15, -0.1) is 0 Å². The second kappa shape index (κ2) is 47.9. The number of likely N-dealkylation sites (N-methyl/N-ethyl adjacent to an activating group) is 1. The molecule has 0 fully saturated rings. The quantitative estimate of drug-likeness (QED) is 0.0195. The molecule has 2 atom stereocenters. The van der Waals surface area contributed by atoms with Crippen LogP contribution in [0.25, 0.3) is 0 Å². The molecule has 9 nitrogen and oxygen atoms in total. The van der Waals surface area contributed by atoms with Gasteiger partial charge in [-0.1, -0.05) is 202 Å². The second-order valence-electron chi connectivity index (χ2n) is 18.4. The van der Waals surface area contributed by atoms with E-state index in [-0.39, 0.29) is 38.6 Å². The van der Waals surface area contributed by atoms with Crippen LogP contribution in [-0.4, -0.2) is 82.3 Å². The molecule has 0 heterocycles. The van der Waals surface area contributed by atoms with Gasteiger partial charge in [-0.2, -0.15) is 0 Å². The molecule has 0 aromatic carbocycles. The SMILES string of the molecule is CC/C=C\C/C=C\C/C=C\C/C=C\C/C=C\C/C=C\C/C=C\CCCCCCCC(=O)OC(COC(=O)CCCCCCCCCCCCCCCC)COC(OCC[N+](C)(C)C)C(=O)[O-]. The van der Waals surface area contributed by atoms with E-state index >= 15 is 0 Å². The first-order chi connectivity index (χ1) is 32.1. The van der Waals surface area contributed by atoms with Crippen molar-refractivity contribution >= 4 is 17.9 Å². The van der Waals surface area contributed by atoms with Crippen LogP contribution in [0.5, 0.6) is 0 Å². The van der Waals surface area contributed by atoms with Crippen LogP contribution in [0, 0.1) is 0 Å². The highest BCUT2D eigenvalue weighted by atomic mass is 16.7. The molecule has 0 saturated heterocycles. The fourth-order valence-corrected chi connectivity index (χ4v) is 6.87. The van der Waals surface area contributed by atoms with E-state index in [9.17, 15) is 19.5 Å². The summed E-state index contributed by atoms with van der Waals surface area (Å²) in [6.07, 6.45) is 59.0. The lowest BCUT2D eigenvalue weighted by Gasteiger charge is -2.26. The van der Waals surface area contributed by atoms with Crippen molar-refractivity contribution in [1.29, 1.82) is 0 Å². The molecule has 9 heteroatoms. The molecule has 0 radical (unpaired) electrons. The Hall–Kier alpha value is -3.53. The van der Waals surface area contributed by atoms with Crippen molar-refractivity contribution in [2.45, 2.75) is 212 Å². The van der Waals surface area contributed by atoms with E-state index in [4.69, 9.17) is 18.9 Å². The fourth-order valence-electron chi connectivity index (χ4n) is 6.87. The van der Waals surface area contributed by atoms with Gasteiger partial charge in [-0.05, 0) is 70.6 Å². The van der Waals surface area contributed by atoms with Crippen LogP contribution >= 0.6 is 0 Å². The summed E-state index contributed by atoms with van der Waals surface area (Å²) in [6, 6.07) is 0. The van der Waals surface area contributed by atoms with Gasteiger partial charge >= 0.3 is 11.9 Å². The topological polar surface area (TPSA) is 111 Å². The largest absolute Gasteiger partial charge is 0.545 e. The molecule has 66 heavy (non-hydrogen) atoms. The monoisotopic (exact) mass is 924 g/mol. The highest BCUT2D eigenvalue weighted by Gasteiger charge is 2.22. The number of carboxylic acid groups (broad SMARTS) is 1. The van der Waals surface area contributed by atoms with Crippen molar-refractivity contribution in [3.63, 3.8) is 0 Å². The average Bonchev–Trinajstić information content (AvgIpc) is 3.28. The number of aliphatic carboxylic acids is 1. The number of rotatable bonds is 47. The standard InChI is InChI=1S/C57H97NO8/c1-6-8-10-12-14-16-18-20-22-23-24-25-26-27-28-29-30-31-32-33-34-36-38-40-42-44-46-48-55(60)66-53(52-65-57(56(61)62)63-50-49-58(3,4)5)51-64-54(59)47-45-43-41-39-37-35-21-19-17-15-13-11-9-7-2/h8,10,14,16,20,22,24-25,27-28,30-31,33-34,53,57H,6-7,9,11-13,15,17-19,21,23,26,29,32,35-52H2,1-5H3/b10-8-,16-14-,22-20-,25-24-,28-27-,31-30-,34-33-. The van der Waals surface area contributed by atoms with Crippen LogP contribution in [0.4, 0.5) is 0 Å². The van der Waals surface area contributed by atoms with Crippen molar-refractivity contribution < 1.29 is 42.9 Å². The Labute approximate surface area is 404 Å². The third kappa shape index (κ3) is 48.4. The van der Waals surface area contributed by atoms with E-state index in [1.807, 2.05) is 21.1 Å². The Morgan fingerprint density at radius 3 is 1.29 bits per heavy atom. The summed E-state index contributed by atoms with van der Waals surface area (Å²) in [5.41, 5.74) is 0. The molecule has 0 saturated carbocycles. The summed E-state index contributed by atoms with van der Waals surface area (Å²) in [4.78, 5) is 37.1. The number of quaternary nitrogens is 1. The molecule has 0 aliphatic rings. The Morgan fingerprint density at radius 1 is 0.470 bits per heavy atom. The molecular formula is C57H97NO8. The number of carboxylic acids is 1. The molecule has 378 valence electrons. The van der Waals surface area contributed by atoms with Gasteiger partial charge in [0.1, 0.15) is 13.2 Å². The highest BCUT2D eigenvalue weighted by Crippen LogP contribution is 2.15. The smallest absolute Gasteiger partial charge is 0.306 e. The summed E-state index contributed by atoms with van der Waals surface area (Å²) in [6.45, 7) is 4.60. The highest BCUT2D eigenvalue weighted by molar-refractivity contribution is 5.70. The summed E-state index contributed by atoms with van der Waals surface area (Å²) < 4.78 is 22.6. The number of allylic oxidation sites excluding steroid dienone is 14. The molecule has 0 aliphatic heterocycles. The van der Waals surface area contributed by atoms with Gasteiger partial charge in [0.05, 0.1) is 40.3 Å². The zero-order valence-corrected chi connectivity index (χ0v) is 42.8. The maximum absolute atomic E-state index is 12.8. The number of ether oxygens (including phenoxy) is 4. The second-order valence-corrected chi connectivity index (χ2v) is 18.4. The number of nitrogens with zero attached hydrogens (tertiary/aromatic N) is 1. The molecule has 0 amide bonds. The van der Waals surface area contributed by atoms with Crippen molar-refractivity contribution in [1.82, 2.24) is 0 Å². The van der Waals surface area contributed by atoms with Crippen molar-refractivity contribution in [3.05, 3.63) is 85.1 Å². The van der Waals surface area contributed by atoms with Crippen molar-refractivity contribution in [2.75, 3.05) is 47.5 Å². The molecular weight excluding hydrogens is 827 g/mol. The van der Waals surface area contributed by atoms with Gasteiger partial charge in [0.2, 0.25) is 0 Å². The predicted molar refractivity (Wildman–Crippen MR) is 274 cm³/mol. The lowest BCUT2D eigenvalue weighted by Crippen LogP contribution is -2.44. The number of hydrogen-bond acceptors (Lipinski definition) is 8. The van der Waals surface area contributed by atoms with E-state index in [0.29, 0.717) is 17.4 Å². The minimum atomic E-state index is -1.63. The number of esters is 2. The Kier molecular flexibility index (Phi) is 45.4. The van der Waals surface area contributed by atoms with E-state index in [2.05, 4.69) is 98.9 Å². The maximum atomic E-state index is 12.8. The minimum Gasteiger partial charge on any atom is -0.545 e. The van der Waals surface area contributed by atoms with E-state index < -0.39 is 24.3 Å².